The van der Waals surface area contributed by atoms with Crippen LogP contribution in [0.3, 0.4) is 0 Å². The fraction of sp³-hybridized carbons (Fsp3) is 0.316. The second-order valence-electron chi connectivity index (χ2n) is 5.78. The van der Waals surface area contributed by atoms with Crippen molar-refractivity contribution in [2.45, 2.75) is 34.6 Å². The molecule has 0 bridgehead atoms. The van der Waals surface area contributed by atoms with E-state index in [0.29, 0.717) is 23.6 Å². The zero-order chi connectivity index (χ0) is 17.9. The molecule has 0 fully saturated rings. The number of nitrogens with zero attached hydrogens (tertiary/aromatic N) is 1. The largest absolute Gasteiger partial charge is 0.462 e. The van der Waals surface area contributed by atoms with E-state index in [-0.39, 0.29) is 11.9 Å². The van der Waals surface area contributed by atoms with Crippen LogP contribution in [-0.2, 0) is 4.74 Å². The molecular formula is C19H22N2O3. The first-order valence-electron chi connectivity index (χ1n) is 7.87. The van der Waals surface area contributed by atoms with E-state index in [1.807, 2.05) is 39.8 Å². The number of hydrogen-bond donors (Lipinski definition) is 1. The lowest BCUT2D eigenvalue weighted by Crippen LogP contribution is -2.17. The van der Waals surface area contributed by atoms with E-state index in [9.17, 15) is 9.59 Å². The lowest BCUT2D eigenvalue weighted by Gasteiger charge is -2.14. The summed E-state index contributed by atoms with van der Waals surface area (Å²) < 4.78 is 5.02. The Morgan fingerprint density at radius 3 is 2.25 bits per heavy atom. The Morgan fingerprint density at radius 2 is 1.67 bits per heavy atom. The highest BCUT2D eigenvalue weighted by atomic mass is 16.5. The third-order valence-electron chi connectivity index (χ3n) is 3.73. The van der Waals surface area contributed by atoms with Crippen LogP contribution in [0.15, 0.2) is 24.3 Å². The maximum absolute atomic E-state index is 12.5. The SMILES string of the molecule is CCOC(=O)c1cc(C)c(NC(=O)c2nc(C)ccc2C)c(C)c1. The van der Waals surface area contributed by atoms with E-state index >= 15 is 0 Å². The van der Waals surface area contributed by atoms with E-state index in [0.717, 1.165) is 22.4 Å². The lowest BCUT2D eigenvalue weighted by molar-refractivity contribution is 0.0526. The van der Waals surface area contributed by atoms with Gasteiger partial charge in [-0.25, -0.2) is 9.78 Å². The van der Waals surface area contributed by atoms with Crippen molar-refractivity contribution in [1.29, 1.82) is 0 Å². The molecule has 1 amide bonds. The summed E-state index contributed by atoms with van der Waals surface area (Å²) in [5, 5.41) is 2.91. The highest BCUT2D eigenvalue weighted by molar-refractivity contribution is 6.05. The van der Waals surface area contributed by atoms with Crippen molar-refractivity contribution in [3.05, 3.63) is 57.9 Å². The van der Waals surface area contributed by atoms with Crippen molar-refractivity contribution in [3.63, 3.8) is 0 Å². The summed E-state index contributed by atoms with van der Waals surface area (Å²) in [5.74, 6) is -0.621. The summed E-state index contributed by atoms with van der Waals surface area (Å²) in [6, 6.07) is 7.19. The number of aryl methyl sites for hydroxylation is 4. The number of carbonyl (C=O) groups excluding carboxylic acids is 2. The summed E-state index contributed by atoms with van der Waals surface area (Å²) in [6.45, 7) is 9.49. The molecule has 1 heterocycles. The monoisotopic (exact) mass is 326 g/mol. The summed E-state index contributed by atoms with van der Waals surface area (Å²) in [7, 11) is 0. The molecule has 1 aromatic heterocycles. The van der Waals surface area contributed by atoms with Gasteiger partial charge in [-0.3, -0.25) is 4.79 Å². The van der Waals surface area contributed by atoms with Gasteiger partial charge in [0.05, 0.1) is 12.2 Å². The molecule has 1 N–H and O–H groups in total. The van der Waals surface area contributed by atoms with Crippen LogP contribution in [0.1, 0.15) is 50.2 Å². The Bertz CT molecular complexity index is 774. The number of nitrogens with one attached hydrogen (secondary N) is 1. The Hall–Kier alpha value is -2.69. The topological polar surface area (TPSA) is 68.3 Å². The van der Waals surface area contributed by atoms with Crippen molar-refractivity contribution >= 4 is 17.6 Å². The summed E-state index contributed by atoms with van der Waals surface area (Å²) >= 11 is 0. The molecule has 2 rings (SSSR count). The van der Waals surface area contributed by atoms with Crippen LogP contribution in [0.2, 0.25) is 0 Å². The number of aromatic nitrogens is 1. The van der Waals surface area contributed by atoms with Crippen molar-refractivity contribution in [1.82, 2.24) is 4.98 Å². The Balaban J connectivity index is 2.31. The molecule has 24 heavy (non-hydrogen) atoms. The third-order valence-corrected chi connectivity index (χ3v) is 3.73. The van der Waals surface area contributed by atoms with E-state index < -0.39 is 0 Å². The molecule has 0 saturated heterocycles. The fourth-order valence-electron chi connectivity index (χ4n) is 2.52. The molecule has 0 aliphatic rings. The zero-order valence-corrected chi connectivity index (χ0v) is 14.7. The van der Waals surface area contributed by atoms with Gasteiger partial charge in [0.15, 0.2) is 0 Å². The second-order valence-corrected chi connectivity index (χ2v) is 5.78. The lowest BCUT2D eigenvalue weighted by atomic mass is 10.0. The standard InChI is InChI=1S/C19H22N2O3/c1-6-24-19(23)15-9-12(3)16(13(4)10-15)21-18(22)17-11(2)7-8-14(5)20-17/h7-10H,6H2,1-5H3,(H,21,22). The number of carbonyl (C=O) groups is 2. The second kappa shape index (κ2) is 7.25. The Labute approximate surface area is 142 Å². The average Bonchev–Trinajstić information content (AvgIpc) is 2.53. The van der Waals surface area contributed by atoms with E-state index in [1.54, 1.807) is 19.1 Å². The van der Waals surface area contributed by atoms with Gasteiger partial charge in [0, 0.05) is 11.4 Å². The van der Waals surface area contributed by atoms with Crippen LogP contribution in [-0.4, -0.2) is 23.5 Å². The molecule has 126 valence electrons. The number of benzene rings is 1. The molecule has 0 radical (unpaired) electrons. The minimum Gasteiger partial charge on any atom is -0.462 e. The minimum absolute atomic E-state index is 0.258. The molecule has 1 aromatic carbocycles. The zero-order valence-electron chi connectivity index (χ0n) is 14.7. The number of esters is 1. The van der Waals surface area contributed by atoms with Gasteiger partial charge in [-0.2, -0.15) is 0 Å². The van der Waals surface area contributed by atoms with Crippen molar-refractivity contribution < 1.29 is 14.3 Å². The van der Waals surface area contributed by atoms with E-state index in [4.69, 9.17) is 4.74 Å². The van der Waals surface area contributed by atoms with Crippen LogP contribution in [0.4, 0.5) is 5.69 Å². The normalized spacial score (nSPS) is 10.4. The Kier molecular flexibility index (Phi) is 5.34. The minimum atomic E-state index is -0.363. The van der Waals surface area contributed by atoms with Gasteiger partial charge in [0.25, 0.3) is 5.91 Å². The number of rotatable bonds is 4. The van der Waals surface area contributed by atoms with Gasteiger partial charge in [0.2, 0.25) is 0 Å². The van der Waals surface area contributed by atoms with E-state index in [2.05, 4.69) is 10.3 Å². The maximum Gasteiger partial charge on any atom is 0.338 e. The van der Waals surface area contributed by atoms with Crippen molar-refractivity contribution in [3.8, 4) is 0 Å². The number of anilines is 1. The molecule has 5 nitrogen and oxygen atoms in total. The molecule has 0 spiro atoms. The quantitative estimate of drug-likeness (QED) is 0.869. The van der Waals surface area contributed by atoms with Crippen molar-refractivity contribution in [2.24, 2.45) is 0 Å². The molecule has 5 heteroatoms. The maximum atomic E-state index is 12.5. The van der Waals surface area contributed by atoms with Crippen LogP contribution < -0.4 is 5.32 Å². The van der Waals surface area contributed by atoms with Crippen LogP contribution >= 0.6 is 0 Å². The van der Waals surface area contributed by atoms with E-state index in [1.165, 1.54) is 0 Å². The molecule has 0 atom stereocenters. The first kappa shape index (κ1) is 17.7. The fourth-order valence-corrected chi connectivity index (χ4v) is 2.52. The van der Waals surface area contributed by atoms with Crippen LogP contribution in [0, 0.1) is 27.7 Å². The van der Waals surface area contributed by atoms with Gasteiger partial charge in [0.1, 0.15) is 5.69 Å². The number of amides is 1. The van der Waals surface area contributed by atoms with Crippen molar-refractivity contribution in [2.75, 3.05) is 11.9 Å². The third kappa shape index (κ3) is 3.79. The summed E-state index contributed by atoms with van der Waals surface area (Å²) in [5.41, 5.74) is 4.79. The summed E-state index contributed by atoms with van der Waals surface area (Å²) in [4.78, 5) is 28.7. The predicted octanol–water partition coefficient (Wildman–Crippen LogP) is 3.74. The molecule has 0 saturated carbocycles. The first-order chi connectivity index (χ1) is 11.3. The van der Waals surface area contributed by atoms with Gasteiger partial charge < -0.3 is 10.1 Å². The number of hydrogen-bond acceptors (Lipinski definition) is 4. The number of pyridine rings is 1. The van der Waals surface area contributed by atoms with Gasteiger partial charge in [-0.05, 0) is 69.5 Å². The highest BCUT2D eigenvalue weighted by Crippen LogP contribution is 2.23. The smallest absolute Gasteiger partial charge is 0.338 e. The first-order valence-corrected chi connectivity index (χ1v) is 7.87. The van der Waals surface area contributed by atoms with Gasteiger partial charge >= 0.3 is 5.97 Å². The highest BCUT2D eigenvalue weighted by Gasteiger charge is 2.16. The van der Waals surface area contributed by atoms with Crippen LogP contribution in [0.5, 0.6) is 0 Å². The predicted molar refractivity (Wildman–Crippen MR) is 93.5 cm³/mol. The summed E-state index contributed by atoms with van der Waals surface area (Å²) in [6.07, 6.45) is 0. The molecule has 0 aliphatic carbocycles. The molecule has 0 unspecified atom stereocenters. The molecule has 0 aliphatic heterocycles. The van der Waals surface area contributed by atoms with Gasteiger partial charge in [-0.15, -0.1) is 0 Å². The Morgan fingerprint density at radius 1 is 1.04 bits per heavy atom. The van der Waals surface area contributed by atoms with Crippen LogP contribution in [0.25, 0.3) is 0 Å². The van der Waals surface area contributed by atoms with Gasteiger partial charge in [-0.1, -0.05) is 6.07 Å². The average molecular weight is 326 g/mol. The molecular weight excluding hydrogens is 304 g/mol. The molecule has 2 aromatic rings. The number of ether oxygens (including phenoxy) is 1.